The molecule has 0 aromatic heterocycles. The van der Waals surface area contributed by atoms with Crippen LogP contribution in [0.15, 0.2) is 59.0 Å². The molecule has 0 bridgehead atoms. The predicted octanol–water partition coefficient (Wildman–Crippen LogP) is 4.95. The van der Waals surface area contributed by atoms with Crippen LogP contribution in [0.25, 0.3) is 0 Å². The summed E-state index contributed by atoms with van der Waals surface area (Å²) >= 11 is 7.23. The number of anilines is 1. The van der Waals surface area contributed by atoms with Gasteiger partial charge in [0, 0.05) is 5.02 Å². The minimum atomic E-state index is -0.647. The number of fused-ring (bicyclic) bond motifs is 1. The van der Waals surface area contributed by atoms with E-state index in [4.69, 9.17) is 11.6 Å². The molecule has 5 nitrogen and oxygen atoms in total. The maximum atomic E-state index is 13.5. The lowest BCUT2D eigenvalue weighted by molar-refractivity contribution is -0.443. The van der Waals surface area contributed by atoms with Crippen molar-refractivity contribution >= 4 is 51.8 Å². The molecule has 30 heavy (non-hydrogen) atoms. The molecular weight excluding hydrogens is 420 g/mol. The molecule has 0 N–H and O–H groups in total. The highest BCUT2D eigenvalue weighted by Gasteiger charge is 2.53. The number of Topliss-reactive ketones (excluding diaryl/α,β-unsaturated/α-hetero) is 1. The number of amides is 3. The summed E-state index contributed by atoms with van der Waals surface area (Å²) in [5.41, 5.74) is 3.18. The minimum Gasteiger partial charge on any atom is -0.294 e. The number of rotatable bonds is 4. The third-order valence-corrected chi connectivity index (χ3v) is 7.13. The molecular formula is C23H20ClN2O3S+. The highest BCUT2D eigenvalue weighted by Crippen LogP contribution is 2.42. The third-order valence-electron chi connectivity index (χ3n) is 5.39. The van der Waals surface area contributed by atoms with Crippen molar-refractivity contribution in [2.24, 2.45) is 5.92 Å². The van der Waals surface area contributed by atoms with Gasteiger partial charge in [-0.15, -0.1) is 4.90 Å². The summed E-state index contributed by atoms with van der Waals surface area (Å²) in [4.78, 5) is 40.8. The van der Waals surface area contributed by atoms with Crippen LogP contribution in [0.3, 0.4) is 0 Å². The van der Waals surface area contributed by atoms with Gasteiger partial charge < -0.3 is 0 Å². The molecule has 7 heteroatoms. The summed E-state index contributed by atoms with van der Waals surface area (Å²) in [6.07, 6.45) is 0. The number of allylic oxidation sites excluding steroid dienone is 1. The van der Waals surface area contributed by atoms with Gasteiger partial charge in [-0.05, 0) is 73.5 Å². The molecule has 0 aliphatic carbocycles. The van der Waals surface area contributed by atoms with Crippen LogP contribution in [0, 0.1) is 12.8 Å². The molecule has 0 radical (unpaired) electrons. The first-order valence-electron chi connectivity index (χ1n) is 9.51. The Morgan fingerprint density at radius 3 is 2.40 bits per heavy atom. The van der Waals surface area contributed by atoms with Crippen LogP contribution in [0.4, 0.5) is 10.5 Å². The lowest BCUT2D eigenvalue weighted by Gasteiger charge is -2.25. The number of imide groups is 1. The van der Waals surface area contributed by atoms with E-state index in [-0.39, 0.29) is 11.7 Å². The van der Waals surface area contributed by atoms with E-state index >= 15 is 0 Å². The van der Waals surface area contributed by atoms with Gasteiger partial charge in [0.05, 0.1) is 4.91 Å². The summed E-state index contributed by atoms with van der Waals surface area (Å²) in [6.45, 7) is 5.58. The summed E-state index contributed by atoms with van der Waals surface area (Å²) in [5.74, 6) is -1.10. The van der Waals surface area contributed by atoms with E-state index in [0.29, 0.717) is 32.8 Å². The molecule has 1 unspecified atom stereocenters. The first kappa shape index (κ1) is 20.6. The van der Waals surface area contributed by atoms with Gasteiger partial charge >= 0.3 is 11.9 Å². The Kier molecular flexibility index (Phi) is 5.38. The van der Waals surface area contributed by atoms with Crippen LogP contribution < -0.4 is 4.90 Å². The van der Waals surface area contributed by atoms with Crippen molar-refractivity contribution in [1.29, 1.82) is 0 Å². The van der Waals surface area contributed by atoms with Crippen LogP contribution in [0.5, 0.6) is 0 Å². The molecule has 0 saturated heterocycles. The van der Waals surface area contributed by atoms with Gasteiger partial charge in [0.15, 0.2) is 16.7 Å². The van der Waals surface area contributed by atoms with E-state index in [0.717, 1.165) is 11.1 Å². The highest BCUT2D eigenvalue weighted by molar-refractivity contribution is 8.18. The van der Waals surface area contributed by atoms with Gasteiger partial charge in [0.2, 0.25) is 0 Å². The number of carbonyl (C=O) groups excluding carboxylic acids is 3. The van der Waals surface area contributed by atoms with Crippen LogP contribution in [-0.2, 0) is 16.1 Å². The SMILES string of the molecule is CC(=O)C1=C(C)C2C(=O)N(c3ccc(Cl)cc3)C(=O)[N+](Cc3ccccc3C)=C2S1. The summed E-state index contributed by atoms with van der Waals surface area (Å²) in [7, 11) is 0. The molecule has 0 saturated carbocycles. The molecule has 1 atom stereocenters. The first-order chi connectivity index (χ1) is 14.3. The van der Waals surface area contributed by atoms with Gasteiger partial charge in [0.25, 0.3) is 0 Å². The van der Waals surface area contributed by atoms with E-state index < -0.39 is 11.9 Å². The van der Waals surface area contributed by atoms with E-state index in [1.807, 2.05) is 31.2 Å². The molecule has 2 aliphatic heterocycles. The Balaban J connectivity index is 1.87. The zero-order valence-electron chi connectivity index (χ0n) is 16.8. The fourth-order valence-corrected chi connectivity index (χ4v) is 5.19. The average molecular weight is 440 g/mol. The van der Waals surface area contributed by atoms with Gasteiger partial charge in [0.1, 0.15) is 12.2 Å². The monoisotopic (exact) mass is 439 g/mol. The standard InChI is InChI=1S/C23H20ClN2O3S/c1-13-6-4-5-7-16(13)12-25-22-19(14(2)20(30-22)15(3)27)21(28)26(23(25)29)18-10-8-17(24)9-11-18/h4-11,19H,12H2,1-3H3/q+1. The summed E-state index contributed by atoms with van der Waals surface area (Å²) < 4.78 is 1.62. The Morgan fingerprint density at radius 1 is 1.10 bits per heavy atom. The van der Waals surface area contributed by atoms with Crippen molar-refractivity contribution in [3.8, 4) is 0 Å². The topological polar surface area (TPSA) is 57.5 Å². The number of halogens is 1. The van der Waals surface area contributed by atoms with E-state index in [9.17, 15) is 14.4 Å². The molecule has 2 aromatic rings. The van der Waals surface area contributed by atoms with Crippen molar-refractivity contribution in [3.63, 3.8) is 0 Å². The van der Waals surface area contributed by atoms with E-state index in [1.165, 1.54) is 23.6 Å². The second-order valence-electron chi connectivity index (χ2n) is 7.39. The second-order valence-corrected chi connectivity index (χ2v) is 8.85. The maximum Gasteiger partial charge on any atom is 0.506 e. The summed E-state index contributed by atoms with van der Waals surface area (Å²) in [6, 6.07) is 14.0. The minimum absolute atomic E-state index is 0.103. The average Bonchev–Trinajstić information content (AvgIpc) is 3.06. The largest absolute Gasteiger partial charge is 0.506 e. The highest BCUT2D eigenvalue weighted by atomic mass is 35.5. The number of thioether (sulfide) groups is 1. The normalized spacial score (nSPS) is 18.9. The number of carbonyl (C=O) groups is 3. The molecule has 2 aliphatic rings. The van der Waals surface area contributed by atoms with E-state index in [2.05, 4.69) is 0 Å². The Labute approximate surface area is 184 Å². The van der Waals surface area contributed by atoms with Crippen LogP contribution in [0.1, 0.15) is 25.0 Å². The zero-order valence-corrected chi connectivity index (χ0v) is 18.4. The third kappa shape index (κ3) is 3.40. The zero-order chi connectivity index (χ0) is 21.6. The molecule has 2 aromatic carbocycles. The smallest absolute Gasteiger partial charge is 0.294 e. The van der Waals surface area contributed by atoms with Gasteiger partial charge in [-0.2, -0.15) is 9.37 Å². The fraction of sp³-hybridized carbons (Fsp3) is 0.217. The molecule has 0 fully saturated rings. The maximum absolute atomic E-state index is 13.5. The lowest BCUT2D eigenvalue weighted by atomic mass is 9.96. The van der Waals surface area contributed by atoms with Gasteiger partial charge in [-0.1, -0.05) is 35.9 Å². The van der Waals surface area contributed by atoms with Crippen LogP contribution in [0.2, 0.25) is 5.02 Å². The molecule has 3 amide bonds. The molecule has 152 valence electrons. The van der Waals surface area contributed by atoms with E-state index in [1.54, 1.807) is 35.8 Å². The predicted molar refractivity (Wildman–Crippen MR) is 119 cm³/mol. The van der Waals surface area contributed by atoms with Crippen molar-refractivity contribution in [2.75, 3.05) is 4.90 Å². The van der Waals surface area contributed by atoms with Crippen molar-refractivity contribution < 1.29 is 19.0 Å². The molecule has 2 heterocycles. The number of ketones is 1. The van der Waals surface area contributed by atoms with Gasteiger partial charge in [-0.3, -0.25) is 4.79 Å². The van der Waals surface area contributed by atoms with Crippen molar-refractivity contribution in [2.45, 2.75) is 27.3 Å². The molecule has 0 spiro atoms. The van der Waals surface area contributed by atoms with Crippen molar-refractivity contribution in [3.05, 3.63) is 75.2 Å². The second kappa shape index (κ2) is 7.85. The Bertz CT molecular complexity index is 1150. The van der Waals surface area contributed by atoms with Gasteiger partial charge in [-0.25, -0.2) is 4.79 Å². The number of hydrogen-bond donors (Lipinski definition) is 0. The van der Waals surface area contributed by atoms with Crippen LogP contribution >= 0.6 is 23.4 Å². The number of nitrogens with zero attached hydrogens (tertiary/aromatic N) is 2. The first-order valence-corrected chi connectivity index (χ1v) is 10.7. The summed E-state index contributed by atoms with van der Waals surface area (Å²) in [5, 5.41) is 1.12. The number of hydrogen-bond acceptors (Lipinski definition) is 4. The number of urea groups is 1. The lowest BCUT2D eigenvalue weighted by Crippen LogP contribution is -2.53. The van der Waals surface area contributed by atoms with Crippen molar-refractivity contribution in [1.82, 2.24) is 0 Å². The Morgan fingerprint density at radius 2 is 1.77 bits per heavy atom. The molecule has 4 rings (SSSR count). The fourth-order valence-electron chi connectivity index (χ4n) is 3.78. The number of benzene rings is 2. The Hall–Kier alpha value is -2.70. The quantitative estimate of drug-likeness (QED) is 0.632. The van der Waals surface area contributed by atoms with Crippen LogP contribution in [-0.4, -0.2) is 27.3 Å². The number of aryl methyl sites for hydroxylation is 1.